The van der Waals surface area contributed by atoms with Gasteiger partial charge in [-0.15, -0.1) is 0 Å². The van der Waals surface area contributed by atoms with Gasteiger partial charge < -0.3 is 41.1 Å². The summed E-state index contributed by atoms with van der Waals surface area (Å²) in [5.74, 6) is -8.09. The Hall–Kier alpha value is -4.48. The lowest BCUT2D eigenvalue weighted by Gasteiger charge is -2.53. The van der Waals surface area contributed by atoms with Crippen LogP contribution in [0.4, 0.5) is 0 Å². The van der Waals surface area contributed by atoms with Gasteiger partial charge in [0.05, 0.1) is 29.2 Å². The smallest absolute Gasteiger partial charge is 0.294 e. The number of nitrogens with two attached hydrogens (primary N) is 1. The Kier molecular flexibility index (Phi) is 8.28. The Morgan fingerprint density at radius 2 is 1.67 bits per heavy atom. The minimum atomic E-state index is -4.24. The van der Waals surface area contributed by atoms with E-state index >= 15 is 0 Å². The Labute approximate surface area is 256 Å². The molecule has 0 heterocycles. The standard InChI is InChI=1S/C22H24N2O8.C7H8O5S/c1-21(31)8-5-4-6-11(25)12(8)16(26)13-9(21)7-10-15(24(2)3)17(27)14(20(23)30)19(29)22(10,32)18(13)28;1-12-7-4-5(13(9,10)11)2-3-6(7)8/h4-6,9-10,15,25-26,29,31-32H,7H2,1-3H3,(H2,23,30);2-4,8H,1H3,(H,9,10,11)/t9-,10-,15-,21-,22-;/m0./s1. The van der Waals surface area contributed by atoms with E-state index in [4.69, 9.17) is 15.4 Å². The molecule has 0 radical (unpaired) electrons. The van der Waals surface area contributed by atoms with Crippen molar-refractivity contribution in [2.45, 2.75) is 35.5 Å². The highest BCUT2D eigenvalue weighted by atomic mass is 32.2. The molecule has 3 aliphatic rings. The molecule has 2 aromatic carbocycles. The van der Waals surface area contributed by atoms with E-state index in [1.807, 2.05) is 0 Å². The second-order valence-electron chi connectivity index (χ2n) is 11.3. The number of carbonyl (C=O) groups is 3. The minimum Gasteiger partial charge on any atom is -0.508 e. The third-order valence-corrected chi connectivity index (χ3v) is 9.32. The van der Waals surface area contributed by atoms with Crippen molar-refractivity contribution in [1.29, 1.82) is 0 Å². The molecular weight excluding hydrogens is 616 g/mol. The maximum atomic E-state index is 13.7. The molecule has 0 aromatic heterocycles. The zero-order valence-corrected chi connectivity index (χ0v) is 25.2. The van der Waals surface area contributed by atoms with Gasteiger partial charge in [-0.2, -0.15) is 8.42 Å². The van der Waals surface area contributed by atoms with E-state index in [9.17, 15) is 48.3 Å². The van der Waals surface area contributed by atoms with E-state index in [0.29, 0.717) is 0 Å². The summed E-state index contributed by atoms with van der Waals surface area (Å²) in [6.45, 7) is 1.40. The molecule has 0 unspecified atom stereocenters. The number of methoxy groups -OCH3 is 1. The molecule has 15 nitrogen and oxygen atoms in total. The number of Topliss-reactive ketones (excluding diaryl/α,β-unsaturated/α-hetero) is 2. The molecule has 3 aliphatic carbocycles. The van der Waals surface area contributed by atoms with Crippen LogP contribution in [0.1, 0.15) is 24.5 Å². The first-order valence-electron chi connectivity index (χ1n) is 13.3. The maximum Gasteiger partial charge on any atom is 0.294 e. The number of benzene rings is 2. The van der Waals surface area contributed by atoms with E-state index in [1.165, 1.54) is 51.2 Å². The largest absolute Gasteiger partial charge is 0.508 e. The Morgan fingerprint density at radius 1 is 1.04 bits per heavy atom. The van der Waals surface area contributed by atoms with Gasteiger partial charge in [0.2, 0.25) is 5.78 Å². The molecule has 1 amide bonds. The lowest BCUT2D eigenvalue weighted by atomic mass is 9.54. The second-order valence-corrected chi connectivity index (χ2v) is 12.7. The average Bonchev–Trinajstić information content (AvgIpc) is 2.93. The van der Waals surface area contributed by atoms with Gasteiger partial charge in [0.15, 0.2) is 22.9 Å². The first-order chi connectivity index (χ1) is 20.7. The monoisotopic (exact) mass is 648 g/mol. The first-order valence-corrected chi connectivity index (χ1v) is 14.7. The van der Waals surface area contributed by atoms with Crippen LogP contribution in [0.3, 0.4) is 0 Å². The number of hydrogen-bond donors (Lipinski definition) is 8. The zero-order valence-electron chi connectivity index (χ0n) is 24.4. The fourth-order valence-electron chi connectivity index (χ4n) is 6.32. The number of aliphatic hydroxyl groups is 4. The summed E-state index contributed by atoms with van der Waals surface area (Å²) >= 11 is 0. The normalized spacial score (nSPS) is 27.7. The highest BCUT2D eigenvalue weighted by Gasteiger charge is 2.66. The van der Waals surface area contributed by atoms with Crippen LogP contribution in [0, 0.1) is 11.8 Å². The molecule has 5 rings (SSSR count). The summed E-state index contributed by atoms with van der Waals surface area (Å²) in [6, 6.07) is 6.25. The molecule has 1 fully saturated rings. The first kappa shape index (κ1) is 33.4. The number of likely N-dealkylation sites (N-methyl/N-ethyl adjacent to an activating group) is 1. The number of carbonyl (C=O) groups excluding carboxylic acids is 3. The van der Waals surface area contributed by atoms with E-state index in [1.54, 1.807) is 0 Å². The molecule has 0 saturated heterocycles. The van der Waals surface area contributed by atoms with Crippen molar-refractivity contribution >= 4 is 33.4 Å². The third-order valence-electron chi connectivity index (χ3n) is 8.47. The molecule has 45 heavy (non-hydrogen) atoms. The van der Waals surface area contributed by atoms with Crippen molar-refractivity contribution in [3.63, 3.8) is 0 Å². The van der Waals surface area contributed by atoms with Gasteiger partial charge in [-0.3, -0.25) is 23.8 Å². The minimum absolute atomic E-state index is 0.00451. The number of primary amides is 1. The number of ether oxygens (including phenoxy) is 1. The number of phenols is 2. The molecular formula is C29H32N2O13S. The number of phenolic OH excluding ortho intramolecular Hbond substituents is 2. The highest BCUT2D eigenvalue weighted by molar-refractivity contribution is 7.85. The summed E-state index contributed by atoms with van der Waals surface area (Å²) < 4.78 is 34.6. The van der Waals surface area contributed by atoms with Crippen LogP contribution in [0.2, 0.25) is 0 Å². The van der Waals surface area contributed by atoms with Crippen molar-refractivity contribution in [3.8, 4) is 17.2 Å². The van der Waals surface area contributed by atoms with Gasteiger partial charge >= 0.3 is 0 Å². The molecule has 16 heteroatoms. The number of ketones is 2. The molecule has 242 valence electrons. The molecule has 0 aliphatic heterocycles. The van der Waals surface area contributed by atoms with E-state index in [-0.39, 0.29) is 33.9 Å². The third kappa shape index (κ3) is 5.09. The summed E-state index contributed by atoms with van der Waals surface area (Å²) in [5, 5.41) is 64.0. The summed E-state index contributed by atoms with van der Waals surface area (Å²) in [7, 11) is 0.0445. The molecule has 2 aromatic rings. The molecule has 9 N–H and O–H groups in total. The van der Waals surface area contributed by atoms with E-state index in [2.05, 4.69) is 4.74 Å². The quantitative estimate of drug-likeness (QED) is 0.163. The number of aliphatic hydroxyl groups excluding tert-OH is 2. The molecule has 0 spiro atoms. The van der Waals surface area contributed by atoms with Gasteiger partial charge in [-0.05, 0) is 51.2 Å². The fourth-order valence-corrected chi connectivity index (χ4v) is 6.82. The lowest BCUT2D eigenvalue weighted by molar-refractivity contribution is -0.159. The topological polar surface area (TPSA) is 265 Å². The maximum absolute atomic E-state index is 13.7. The Balaban J connectivity index is 0.000000297. The fraction of sp³-hybridized carbons (Fsp3) is 0.345. The predicted molar refractivity (Wildman–Crippen MR) is 155 cm³/mol. The van der Waals surface area contributed by atoms with Crippen LogP contribution in [-0.2, 0) is 30.1 Å². The Bertz CT molecular complexity index is 1790. The van der Waals surface area contributed by atoms with Crippen LogP contribution in [-0.4, -0.2) is 98.8 Å². The van der Waals surface area contributed by atoms with Gasteiger partial charge in [0.25, 0.3) is 16.0 Å². The Morgan fingerprint density at radius 3 is 2.20 bits per heavy atom. The van der Waals surface area contributed by atoms with Crippen LogP contribution in [0.5, 0.6) is 17.2 Å². The number of amides is 1. The van der Waals surface area contributed by atoms with Crippen molar-refractivity contribution in [2.24, 2.45) is 17.6 Å². The van der Waals surface area contributed by atoms with Crippen molar-refractivity contribution in [3.05, 3.63) is 64.4 Å². The SMILES string of the molecule is CN(C)[C@@H]1C(=O)C(C(N)=O)=C(O)[C@@]2(O)C(=O)C3=C(O)c4c(O)cccc4[C@](C)(O)[C@H]3C[C@@H]12.COc1cc(S(=O)(=O)O)ccc1O. The summed E-state index contributed by atoms with van der Waals surface area (Å²) in [4.78, 5) is 39.7. The summed E-state index contributed by atoms with van der Waals surface area (Å²) in [6.07, 6.45) is -0.200. The van der Waals surface area contributed by atoms with E-state index in [0.717, 1.165) is 18.2 Å². The van der Waals surface area contributed by atoms with Crippen molar-refractivity contribution in [1.82, 2.24) is 4.90 Å². The zero-order chi connectivity index (χ0) is 34.0. The molecule has 5 atom stereocenters. The number of nitrogens with zero attached hydrogens (tertiary/aromatic N) is 1. The van der Waals surface area contributed by atoms with Crippen LogP contribution >= 0.6 is 0 Å². The van der Waals surface area contributed by atoms with Crippen LogP contribution in [0.15, 0.2) is 58.2 Å². The highest BCUT2D eigenvalue weighted by Crippen LogP contribution is 2.57. The van der Waals surface area contributed by atoms with Crippen molar-refractivity contribution < 1.29 is 62.7 Å². The number of hydrogen-bond acceptors (Lipinski definition) is 13. The van der Waals surface area contributed by atoms with Gasteiger partial charge in [-0.25, -0.2) is 0 Å². The molecule has 1 saturated carbocycles. The predicted octanol–water partition coefficient (Wildman–Crippen LogP) is 0.277. The number of rotatable bonds is 4. The lowest BCUT2D eigenvalue weighted by Crippen LogP contribution is -2.67. The molecule has 0 bridgehead atoms. The van der Waals surface area contributed by atoms with Gasteiger partial charge in [-0.1, -0.05) is 12.1 Å². The number of fused-ring (bicyclic) bond motifs is 3. The van der Waals surface area contributed by atoms with E-state index < -0.39 is 85.1 Å². The van der Waals surface area contributed by atoms with Crippen LogP contribution in [0.25, 0.3) is 5.76 Å². The van der Waals surface area contributed by atoms with Gasteiger partial charge in [0, 0.05) is 23.5 Å². The summed E-state index contributed by atoms with van der Waals surface area (Å²) in [5.41, 5.74) is -0.548. The average molecular weight is 649 g/mol. The van der Waals surface area contributed by atoms with Gasteiger partial charge in [0.1, 0.15) is 22.8 Å². The van der Waals surface area contributed by atoms with Crippen molar-refractivity contribution in [2.75, 3.05) is 21.2 Å². The second kappa shape index (κ2) is 11.1. The number of aromatic hydroxyl groups is 2. The van der Waals surface area contributed by atoms with Crippen LogP contribution < -0.4 is 10.5 Å².